The standard InChI is InChI=1S/C15H16FN/c1-10-3-4-12(7-11(10)2)15-6-5-14(16)8-13(15)9-17/h3-8H,9,17H2,1-2H3. The van der Waals surface area contributed by atoms with Gasteiger partial charge in [0.05, 0.1) is 0 Å². The number of rotatable bonds is 2. The van der Waals surface area contributed by atoms with E-state index < -0.39 is 0 Å². The van der Waals surface area contributed by atoms with Crippen LogP contribution in [0, 0.1) is 19.7 Å². The zero-order chi connectivity index (χ0) is 12.4. The van der Waals surface area contributed by atoms with Gasteiger partial charge in [0, 0.05) is 6.54 Å². The molecule has 0 fully saturated rings. The van der Waals surface area contributed by atoms with Crippen LogP contribution >= 0.6 is 0 Å². The Morgan fingerprint density at radius 2 is 1.76 bits per heavy atom. The quantitative estimate of drug-likeness (QED) is 0.837. The molecule has 0 aromatic heterocycles. The number of benzene rings is 2. The van der Waals surface area contributed by atoms with Crippen LogP contribution in [0.2, 0.25) is 0 Å². The van der Waals surface area contributed by atoms with Crippen molar-refractivity contribution in [1.29, 1.82) is 0 Å². The van der Waals surface area contributed by atoms with Gasteiger partial charge >= 0.3 is 0 Å². The van der Waals surface area contributed by atoms with Crippen LogP contribution in [-0.2, 0) is 6.54 Å². The lowest BCUT2D eigenvalue weighted by Gasteiger charge is -2.10. The summed E-state index contributed by atoms with van der Waals surface area (Å²) in [4.78, 5) is 0. The molecule has 0 aliphatic heterocycles. The normalized spacial score (nSPS) is 10.6. The minimum Gasteiger partial charge on any atom is -0.326 e. The summed E-state index contributed by atoms with van der Waals surface area (Å²) in [5.41, 5.74) is 11.1. The Labute approximate surface area is 101 Å². The number of nitrogens with two attached hydrogens (primary N) is 1. The first-order valence-electron chi connectivity index (χ1n) is 5.68. The van der Waals surface area contributed by atoms with Gasteiger partial charge in [-0.25, -0.2) is 4.39 Å². The number of hydrogen-bond donors (Lipinski definition) is 1. The van der Waals surface area contributed by atoms with Gasteiger partial charge in [-0.2, -0.15) is 0 Å². The van der Waals surface area contributed by atoms with E-state index in [1.165, 1.54) is 23.3 Å². The van der Waals surface area contributed by atoms with Crippen molar-refractivity contribution < 1.29 is 4.39 Å². The summed E-state index contributed by atoms with van der Waals surface area (Å²) >= 11 is 0. The molecule has 0 atom stereocenters. The van der Waals surface area contributed by atoms with Gasteiger partial charge in [-0.15, -0.1) is 0 Å². The van der Waals surface area contributed by atoms with Crippen LogP contribution in [0.5, 0.6) is 0 Å². The molecule has 0 saturated heterocycles. The van der Waals surface area contributed by atoms with E-state index in [1.807, 2.05) is 0 Å². The van der Waals surface area contributed by atoms with Crippen LogP contribution in [0.1, 0.15) is 16.7 Å². The lowest BCUT2D eigenvalue weighted by molar-refractivity contribution is 0.625. The maximum atomic E-state index is 13.1. The number of hydrogen-bond acceptors (Lipinski definition) is 1. The van der Waals surface area contributed by atoms with Crippen molar-refractivity contribution in [2.75, 3.05) is 0 Å². The van der Waals surface area contributed by atoms with Gasteiger partial charge in [-0.3, -0.25) is 0 Å². The summed E-state index contributed by atoms with van der Waals surface area (Å²) in [5, 5.41) is 0. The van der Waals surface area contributed by atoms with Crippen LogP contribution in [0.15, 0.2) is 36.4 Å². The SMILES string of the molecule is Cc1ccc(-c2ccc(F)cc2CN)cc1C. The molecule has 0 aliphatic carbocycles. The molecule has 2 heteroatoms. The predicted octanol–water partition coefficient (Wildman–Crippen LogP) is 3.57. The molecule has 0 bridgehead atoms. The molecule has 2 N–H and O–H groups in total. The predicted molar refractivity (Wildman–Crippen MR) is 69.2 cm³/mol. The van der Waals surface area contributed by atoms with Crippen LogP contribution in [0.25, 0.3) is 11.1 Å². The van der Waals surface area contributed by atoms with Crippen molar-refractivity contribution in [1.82, 2.24) is 0 Å². The van der Waals surface area contributed by atoms with Crippen LogP contribution in [0.4, 0.5) is 4.39 Å². The maximum Gasteiger partial charge on any atom is 0.123 e. The van der Waals surface area contributed by atoms with Gasteiger partial charge in [0.25, 0.3) is 0 Å². The van der Waals surface area contributed by atoms with Gasteiger partial charge in [0.1, 0.15) is 5.82 Å². The first-order chi connectivity index (χ1) is 8.11. The second kappa shape index (κ2) is 4.68. The second-order valence-electron chi connectivity index (χ2n) is 4.30. The Morgan fingerprint density at radius 3 is 2.41 bits per heavy atom. The van der Waals surface area contributed by atoms with E-state index in [9.17, 15) is 4.39 Å². The Morgan fingerprint density at radius 1 is 1.00 bits per heavy atom. The van der Waals surface area contributed by atoms with Crippen LogP contribution in [0.3, 0.4) is 0 Å². The monoisotopic (exact) mass is 229 g/mol. The average molecular weight is 229 g/mol. The van der Waals surface area contributed by atoms with E-state index in [0.717, 1.165) is 16.7 Å². The zero-order valence-electron chi connectivity index (χ0n) is 10.1. The summed E-state index contributed by atoms with van der Waals surface area (Å²) in [6.07, 6.45) is 0. The highest BCUT2D eigenvalue weighted by molar-refractivity contribution is 5.68. The van der Waals surface area contributed by atoms with E-state index in [-0.39, 0.29) is 5.82 Å². The molecule has 0 radical (unpaired) electrons. The van der Waals surface area contributed by atoms with E-state index in [0.29, 0.717) is 6.54 Å². The highest BCUT2D eigenvalue weighted by Gasteiger charge is 2.06. The van der Waals surface area contributed by atoms with E-state index in [4.69, 9.17) is 5.73 Å². The maximum absolute atomic E-state index is 13.1. The van der Waals surface area contributed by atoms with E-state index in [2.05, 4.69) is 32.0 Å². The molecule has 0 unspecified atom stereocenters. The average Bonchev–Trinajstić information content (AvgIpc) is 2.32. The fourth-order valence-electron chi connectivity index (χ4n) is 1.92. The molecule has 0 saturated carbocycles. The summed E-state index contributed by atoms with van der Waals surface area (Å²) in [6, 6.07) is 11.0. The van der Waals surface area contributed by atoms with Gasteiger partial charge in [0.15, 0.2) is 0 Å². The molecule has 0 amide bonds. The molecule has 2 aromatic carbocycles. The van der Waals surface area contributed by atoms with Crippen molar-refractivity contribution in [2.24, 2.45) is 5.73 Å². The summed E-state index contributed by atoms with van der Waals surface area (Å²) in [5.74, 6) is -0.238. The molecular weight excluding hydrogens is 213 g/mol. The lowest BCUT2D eigenvalue weighted by Crippen LogP contribution is -2.00. The van der Waals surface area contributed by atoms with Crippen molar-refractivity contribution in [3.63, 3.8) is 0 Å². The van der Waals surface area contributed by atoms with Crippen molar-refractivity contribution in [3.05, 3.63) is 58.9 Å². The topological polar surface area (TPSA) is 26.0 Å². The van der Waals surface area contributed by atoms with Crippen LogP contribution < -0.4 is 5.73 Å². The van der Waals surface area contributed by atoms with Gasteiger partial charge < -0.3 is 5.73 Å². The van der Waals surface area contributed by atoms with Crippen molar-refractivity contribution in [3.8, 4) is 11.1 Å². The molecule has 88 valence electrons. The largest absolute Gasteiger partial charge is 0.326 e. The highest BCUT2D eigenvalue weighted by Crippen LogP contribution is 2.26. The fourth-order valence-corrected chi connectivity index (χ4v) is 1.92. The third-order valence-electron chi connectivity index (χ3n) is 3.11. The van der Waals surface area contributed by atoms with Gasteiger partial charge in [-0.1, -0.05) is 24.3 Å². The van der Waals surface area contributed by atoms with E-state index in [1.54, 1.807) is 6.07 Å². The Hall–Kier alpha value is -1.67. The summed E-state index contributed by atoms with van der Waals surface area (Å²) in [6.45, 7) is 4.50. The lowest BCUT2D eigenvalue weighted by atomic mass is 9.96. The first kappa shape index (κ1) is 11.8. The summed E-state index contributed by atoms with van der Waals surface area (Å²) < 4.78 is 13.1. The molecule has 1 nitrogen and oxygen atoms in total. The molecular formula is C15H16FN. The van der Waals surface area contributed by atoms with Crippen molar-refractivity contribution in [2.45, 2.75) is 20.4 Å². The molecule has 17 heavy (non-hydrogen) atoms. The third-order valence-corrected chi connectivity index (χ3v) is 3.11. The zero-order valence-corrected chi connectivity index (χ0v) is 10.1. The minimum absolute atomic E-state index is 0.238. The smallest absolute Gasteiger partial charge is 0.123 e. The molecule has 0 heterocycles. The van der Waals surface area contributed by atoms with Crippen molar-refractivity contribution >= 4 is 0 Å². The Kier molecular flexibility index (Phi) is 3.25. The molecule has 0 aliphatic rings. The Bertz CT molecular complexity index is 547. The number of halogens is 1. The van der Waals surface area contributed by atoms with Gasteiger partial charge in [0.2, 0.25) is 0 Å². The molecule has 2 rings (SSSR count). The number of aryl methyl sites for hydroxylation is 2. The minimum atomic E-state index is -0.238. The van der Waals surface area contributed by atoms with E-state index >= 15 is 0 Å². The molecule has 0 spiro atoms. The van der Waals surface area contributed by atoms with Gasteiger partial charge in [-0.05, 0) is 53.8 Å². The third kappa shape index (κ3) is 2.37. The first-order valence-corrected chi connectivity index (χ1v) is 5.68. The Balaban J connectivity index is 2.55. The molecule has 2 aromatic rings. The fraction of sp³-hybridized carbons (Fsp3) is 0.200. The second-order valence-corrected chi connectivity index (χ2v) is 4.30. The van der Waals surface area contributed by atoms with Crippen LogP contribution in [-0.4, -0.2) is 0 Å². The summed E-state index contributed by atoms with van der Waals surface area (Å²) in [7, 11) is 0. The highest BCUT2D eigenvalue weighted by atomic mass is 19.1.